The number of aryl methyl sites for hydroxylation is 2. The van der Waals surface area contributed by atoms with E-state index in [1.807, 2.05) is 13.8 Å². The Bertz CT molecular complexity index is 1340. The van der Waals surface area contributed by atoms with Crippen LogP contribution in [-0.4, -0.2) is 41.9 Å². The van der Waals surface area contributed by atoms with Crippen molar-refractivity contribution < 1.29 is 18.7 Å². The molecule has 1 unspecified atom stereocenters. The van der Waals surface area contributed by atoms with Crippen LogP contribution in [0.4, 0.5) is 14.6 Å². The molecule has 4 rings (SSSR count). The smallest absolute Gasteiger partial charge is 0.305 e. The van der Waals surface area contributed by atoms with E-state index < -0.39 is 29.1 Å². The lowest BCUT2D eigenvalue weighted by molar-refractivity contribution is -0.137. The van der Waals surface area contributed by atoms with Crippen molar-refractivity contribution in [3.8, 4) is 11.4 Å². The molecule has 3 aromatic heterocycles. The largest absolute Gasteiger partial charge is 0.481 e. The van der Waals surface area contributed by atoms with Crippen molar-refractivity contribution in [2.45, 2.75) is 38.6 Å². The zero-order valence-electron chi connectivity index (χ0n) is 18.6. The minimum Gasteiger partial charge on any atom is -0.481 e. The number of rotatable bonds is 7. The number of benzene rings is 1. The average molecular weight is 454 g/mol. The van der Waals surface area contributed by atoms with Crippen molar-refractivity contribution in [3.63, 3.8) is 0 Å². The molecule has 8 nitrogen and oxygen atoms in total. The normalized spacial score (nSPS) is 12.8. The van der Waals surface area contributed by atoms with Crippen molar-refractivity contribution in [2.75, 3.05) is 5.32 Å². The molecule has 0 aliphatic heterocycles. The van der Waals surface area contributed by atoms with Gasteiger partial charge in [0.2, 0.25) is 0 Å². The second-order valence-electron chi connectivity index (χ2n) is 8.65. The van der Waals surface area contributed by atoms with Crippen LogP contribution in [0.5, 0.6) is 0 Å². The topological polar surface area (TPSA) is 109 Å². The molecule has 0 aliphatic carbocycles. The Morgan fingerprint density at radius 1 is 1.30 bits per heavy atom. The zero-order chi connectivity index (χ0) is 23.9. The molecule has 3 heterocycles. The maximum Gasteiger partial charge on any atom is 0.305 e. The fraction of sp³-hybridized carbons (Fsp3) is 0.304. The number of carbonyl (C=O) groups is 1. The van der Waals surface area contributed by atoms with Crippen LogP contribution in [0.1, 0.15) is 31.5 Å². The Balaban J connectivity index is 1.74. The Morgan fingerprint density at radius 3 is 2.73 bits per heavy atom. The third-order valence-electron chi connectivity index (χ3n) is 5.81. The van der Waals surface area contributed by atoms with Gasteiger partial charge >= 0.3 is 5.97 Å². The van der Waals surface area contributed by atoms with E-state index in [0.29, 0.717) is 22.2 Å². The number of hydrogen-bond donors (Lipinski definition) is 3. The van der Waals surface area contributed by atoms with E-state index in [9.17, 15) is 18.7 Å². The number of carboxylic acid groups (broad SMARTS) is 1. The molecule has 0 aliphatic rings. The highest BCUT2D eigenvalue weighted by atomic mass is 19.1. The highest BCUT2D eigenvalue weighted by molar-refractivity contribution is 5.94. The van der Waals surface area contributed by atoms with E-state index in [1.165, 1.54) is 6.07 Å². The van der Waals surface area contributed by atoms with Crippen LogP contribution in [0.25, 0.3) is 22.3 Å². The van der Waals surface area contributed by atoms with E-state index in [0.717, 1.165) is 11.8 Å². The SMILES string of the molecule is Cc1cc(F)c2[nH]cc(-c3ncc(F)c(NC(CC(=O)O)C(C)(C)c4ccn(C)n4)n3)c2c1. The summed E-state index contributed by atoms with van der Waals surface area (Å²) in [7, 11) is 1.77. The maximum atomic E-state index is 14.7. The monoisotopic (exact) mass is 454 g/mol. The van der Waals surface area contributed by atoms with Crippen molar-refractivity contribution >= 4 is 22.7 Å². The molecule has 0 spiro atoms. The van der Waals surface area contributed by atoms with Gasteiger partial charge in [0.25, 0.3) is 0 Å². The summed E-state index contributed by atoms with van der Waals surface area (Å²) in [6, 6.07) is 4.27. The molecule has 10 heteroatoms. The Hall–Kier alpha value is -3.82. The van der Waals surface area contributed by atoms with E-state index in [1.54, 1.807) is 43.2 Å². The lowest BCUT2D eigenvalue weighted by atomic mass is 9.79. The Morgan fingerprint density at radius 2 is 2.06 bits per heavy atom. The average Bonchev–Trinajstić information content (AvgIpc) is 3.35. The van der Waals surface area contributed by atoms with Crippen molar-refractivity contribution in [3.05, 3.63) is 59.7 Å². The van der Waals surface area contributed by atoms with E-state index >= 15 is 0 Å². The molecule has 1 atom stereocenters. The van der Waals surface area contributed by atoms with Crippen LogP contribution in [0, 0.1) is 18.6 Å². The van der Waals surface area contributed by atoms with Crippen LogP contribution in [0.3, 0.4) is 0 Å². The predicted octanol–water partition coefficient (Wildman–Crippen LogP) is 4.18. The molecule has 0 bridgehead atoms. The molecular weight excluding hydrogens is 430 g/mol. The van der Waals surface area contributed by atoms with Crippen molar-refractivity contribution in [1.82, 2.24) is 24.7 Å². The minimum atomic E-state index is -1.05. The lowest BCUT2D eigenvalue weighted by Gasteiger charge is -2.33. The highest BCUT2D eigenvalue weighted by Gasteiger charge is 2.36. The van der Waals surface area contributed by atoms with Gasteiger partial charge in [0, 0.05) is 41.8 Å². The van der Waals surface area contributed by atoms with Gasteiger partial charge in [-0.2, -0.15) is 5.10 Å². The number of fused-ring (bicyclic) bond motifs is 1. The van der Waals surface area contributed by atoms with E-state index in [2.05, 4.69) is 25.4 Å². The maximum absolute atomic E-state index is 14.7. The number of aromatic amines is 1. The van der Waals surface area contributed by atoms with Gasteiger partial charge in [0.05, 0.1) is 23.8 Å². The molecule has 4 aromatic rings. The first kappa shape index (κ1) is 22.4. The highest BCUT2D eigenvalue weighted by Crippen LogP contribution is 2.32. The molecule has 0 amide bonds. The van der Waals surface area contributed by atoms with Crippen LogP contribution >= 0.6 is 0 Å². The van der Waals surface area contributed by atoms with Crippen LogP contribution in [0.2, 0.25) is 0 Å². The number of halogens is 2. The van der Waals surface area contributed by atoms with Crippen molar-refractivity contribution in [1.29, 1.82) is 0 Å². The van der Waals surface area contributed by atoms with Gasteiger partial charge in [0.15, 0.2) is 17.5 Å². The third kappa shape index (κ3) is 4.28. The summed E-state index contributed by atoms with van der Waals surface area (Å²) in [5, 5.41) is 17.4. The molecule has 1 aromatic carbocycles. The summed E-state index contributed by atoms with van der Waals surface area (Å²) in [5.74, 6) is -2.14. The number of H-pyrrole nitrogens is 1. The van der Waals surface area contributed by atoms with Gasteiger partial charge in [-0.05, 0) is 30.7 Å². The first-order valence-electron chi connectivity index (χ1n) is 10.3. The second kappa shape index (κ2) is 8.27. The number of aliphatic carboxylic acids is 1. The van der Waals surface area contributed by atoms with E-state index in [-0.39, 0.29) is 18.1 Å². The quantitative estimate of drug-likeness (QED) is 0.387. The van der Waals surface area contributed by atoms with Gasteiger partial charge in [-0.25, -0.2) is 18.7 Å². The summed E-state index contributed by atoms with van der Waals surface area (Å²) >= 11 is 0. The minimum absolute atomic E-state index is 0.141. The fourth-order valence-electron chi connectivity index (χ4n) is 3.87. The first-order valence-corrected chi connectivity index (χ1v) is 10.3. The summed E-state index contributed by atoms with van der Waals surface area (Å²) < 4.78 is 30.6. The van der Waals surface area contributed by atoms with Gasteiger partial charge in [-0.3, -0.25) is 9.48 Å². The number of carboxylic acids is 1. The predicted molar refractivity (Wildman–Crippen MR) is 120 cm³/mol. The summed E-state index contributed by atoms with van der Waals surface area (Å²) in [4.78, 5) is 22.9. The molecule has 0 saturated heterocycles. The molecule has 172 valence electrons. The summed E-state index contributed by atoms with van der Waals surface area (Å²) in [5.41, 5.74) is 1.42. The number of anilines is 1. The number of nitrogens with one attached hydrogen (secondary N) is 2. The van der Waals surface area contributed by atoms with Gasteiger partial charge in [-0.15, -0.1) is 0 Å². The van der Waals surface area contributed by atoms with Crippen LogP contribution in [-0.2, 0) is 17.3 Å². The fourth-order valence-corrected chi connectivity index (χ4v) is 3.87. The van der Waals surface area contributed by atoms with Gasteiger partial charge in [-0.1, -0.05) is 13.8 Å². The Kier molecular flexibility index (Phi) is 5.61. The lowest BCUT2D eigenvalue weighted by Crippen LogP contribution is -2.42. The molecule has 0 radical (unpaired) electrons. The molecule has 3 N–H and O–H groups in total. The number of aromatic nitrogens is 5. The molecule has 0 fully saturated rings. The summed E-state index contributed by atoms with van der Waals surface area (Å²) in [6.07, 6.45) is 4.05. The number of hydrogen-bond acceptors (Lipinski definition) is 5. The second-order valence-corrected chi connectivity index (χ2v) is 8.65. The van der Waals surface area contributed by atoms with E-state index in [4.69, 9.17) is 0 Å². The molecular formula is C23H24F2N6O2. The van der Waals surface area contributed by atoms with Crippen LogP contribution < -0.4 is 5.32 Å². The standard InChI is InChI=1S/C23H24F2N6O2/c1-12-7-13-14(10-26-20(13)15(24)8-12)21-27-11-16(25)22(29-21)28-18(9-19(32)33)23(2,3)17-5-6-31(4)30-17/h5-8,10-11,18,26H,9H2,1-4H3,(H,32,33)(H,27,28,29). The zero-order valence-corrected chi connectivity index (χ0v) is 18.6. The first-order chi connectivity index (χ1) is 15.6. The van der Waals surface area contributed by atoms with Crippen LogP contribution in [0.15, 0.2) is 36.8 Å². The van der Waals surface area contributed by atoms with Gasteiger partial charge < -0.3 is 15.4 Å². The molecule has 0 saturated carbocycles. The van der Waals surface area contributed by atoms with Gasteiger partial charge in [0.1, 0.15) is 5.82 Å². The molecule has 33 heavy (non-hydrogen) atoms. The summed E-state index contributed by atoms with van der Waals surface area (Å²) in [6.45, 7) is 5.44. The number of nitrogens with zero attached hydrogens (tertiary/aromatic N) is 4. The van der Waals surface area contributed by atoms with Crippen molar-refractivity contribution in [2.24, 2.45) is 7.05 Å². The third-order valence-corrected chi connectivity index (χ3v) is 5.81. The Labute approximate surface area is 188 Å².